The van der Waals surface area contributed by atoms with Crippen LogP contribution in [0.2, 0.25) is 0 Å². The highest BCUT2D eigenvalue weighted by Crippen LogP contribution is 2.34. The lowest BCUT2D eigenvalue weighted by atomic mass is 10.2. The molecule has 0 bridgehead atoms. The van der Waals surface area contributed by atoms with Crippen LogP contribution in [0, 0.1) is 5.82 Å². The molecule has 3 rings (SSSR count). The molecule has 7 nitrogen and oxygen atoms in total. The van der Waals surface area contributed by atoms with Gasteiger partial charge in [-0.15, -0.1) is 11.8 Å². The maximum Gasteiger partial charge on any atom is 0.350 e. The van der Waals surface area contributed by atoms with Crippen molar-refractivity contribution >= 4 is 23.5 Å². The van der Waals surface area contributed by atoms with Crippen LogP contribution in [-0.4, -0.2) is 39.2 Å². The van der Waals surface area contributed by atoms with Gasteiger partial charge in [0.05, 0.1) is 13.2 Å². The fraction of sp³-hybridized carbons (Fsp3) is 0.267. The van der Waals surface area contributed by atoms with Crippen LogP contribution in [0.15, 0.2) is 41.3 Å². The first kappa shape index (κ1) is 16.6. The summed E-state index contributed by atoms with van der Waals surface area (Å²) in [6.07, 6.45) is 0.983. The Labute approximate surface area is 140 Å². The molecule has 1 aromatic heterocycles. The number of rotatable bonds is 4. The molecule has 0 saturated carbocycles. The van der Waals surface area contributed by atoms with Crippen LogP contribution in [0.1, 0.15) is 15.7 Å². The molecule has 2 aromatic rings. The number of hydrogen-bond donors (Lipinski definition) is 2. The highest BCUT2D eigenvalue weighted by atomic mass is 32.2. The van der Waals surface area contributed by atoms with Crippen molar-refractivity contribution in [2.75, 3.05) is 18.5 Å². The smallest absolute Gasteiger partial charge is 0.350 e. The van der Waals surface area contributed by atoms with E-state index in [1.165, 1.54) is 11.8 Å². The van der Waals surface area contributed by atoms with E-state index < -0.39 is 34.0 Å². The van der Waals surface area contributed by atoms with E-state index in [4.69, 9.17) is 9.84 Å². The summed E-state index contributed by atoms with van der Waals surface area (Å²) in [4.78, 5) is 27.7. The number of ether oxygens (including phenoxy) is 1. The van der Waals surface area contributed by atoms with Crippen molar-refractivity contribution in [2.24, 2.45) is 0 Å². The van der Waals surface area contributed by atoms with E-state index in [1.54, 1.807) is 30.3 Å². The topological polar surface area (TPSA) is 93.5 Å². The number of hydrogen-bond acceptors (Lipinski definition) is 6. The van der Waals surface area contributed by atoms with Gasteiger partial charge in [0.15, 0.2) is 11.6 Å². The fourth-order valence-corrected chi connectivity index (χ4v) is 3.23. The van der Waals surface area contributed by atoms with Gasteiger partial charge in [-0.05, 0) is 12.1 Å². The minimum atomic E-state index is -0.827. The monoisotopic (exact) mass is 351 g/mol. The van der Waals surface area contributed by atoms with E-state index in [2.05, 4.69) is 10.3 Å². The Morgan fingerprint density at radius 1 is 1.46 bits per heavy atom. The Balaban J connectivity index is 1.80. The molecule has 0 aliphatic carbocycles. The molecule has 1 aromatic carbocycles. The summed E-state index contributed by atoms with van der Waals surface area (Å²) >= 11 is 1.20. The third kappa shape index (κ3) is 3.48. The SMILES string of the molecule is O=C(Nc1nc(=O)n([C@@H]2CO[C@H](CO)S2)cc1F)c1ccccc1. The van der Waals surface area contributed by atoms with Gasteiger partial charge < -0.3 is 15.2 Å². The first-order chi connectivity index (χ1) is 11.6. The second kappa shape index (κ2) is 7.12. The van der Waals surface area contributed by atoms with Crippen molar-refractivity contribution in [3.05, 3.63) is 58.4 Å². The van der Waals surface area contributed by atoms with Crippen molar-refractivity contribution in [2.45, 2.75) is 10.8 Å². The predicted octanol–water partition coefficient (Wildman–Crippen LogP) is 1.22. The Morgan fingerprint density at radius 3 is 2.88 bits per heavy atom. The number of carbonyl (C=O) groups excluding carboxylic acids is 1. The van der Waals surface area contributed by atoms with E-state index in [9.17, 15) is 14.0 Å². The molecule has 2 N–H and O–H groups in total. The molecule has 2 heterocycles. The number of nitrogens with one attached hydrogen (secondary N) is 1. The van der Waals surface area contributed by atoms with Crippen molar-refractivity contribution in [1.82, 2.24) is 9.55 Å². The maximum absolute atomic E-state index is 14.2. The Bertz CT molecular complexity index is 799. The molecule has 1 aliphatic heterocycles. The van der Waals surface area contributed by atoms with Crippen LogP contribution >= 0.6 is 11.8 Å². The van der Waals surface area contributed by atoms with Gasteiger partial charge in [0.1, 0.15) is 10.8 Å². The van der Waals surface area contributed by atoms with Gasteiger partial charge >= 0.3 is 5.69 Å². The number of nitrogens with zero attached hydrogens (tertiary/aromatic N) is 2. The van der Waals surface area contributed by atoms with Gasteiger partial charge in [0.2, 0.25) is 0 Å². The maximum atomic E-state index is 14.2. The van der Waals surface area contributed by atoms with Crippen LogP contribution in [-0.2, 0) is 4.74 Å². The molecule has 9 heteroatoms. The Kier molecular flexibility index (Phi) is 4.93. The summed E-state index contributed by atoms with van der Waals surface area (Å²) < 4.78 is 20.5. The van der Waals surface area contributed by atoms with Crippen molar-refractivity contribution in [3.8, 4) is 0 Å². The van der Waals surface area contributed by atoms with E-state index >= 15 is 0 Å². The van der Waals surface area contributed by atoms with Crippen LogP contribution in [0.4, 0.5) is 10.2 Å². The minimum Gasteiger partial charge on any atom is -0.393 e. The van der Waals surface area contributed by atoms with Gasteiger partial charge in [-0.25, -0.2) is 9.18 Å². The van der Waals surface area contributed by atoms with E-state index in [1.807, 2.05) is 0 Å². The molecule has 126 valence electrons. The Morgan fingerprint density at radius 2 is 2.21 bits per heavy atom. The number of thioether (sulfide) groups is 1. The molecule has 0 radical (unpaired) electrons. The largest absolute Gasteiger partial charge is 0.393 e. The molecule has 24 heavy (non-hydrogen) atoms. The molecular formula is C15H14FN3O4S. The van der Waals surface area contributed by atoms with Gasteiger partial charge in [0.25, 0.3) is 5.91 Å². The standard InChI is InChI=1S/C15H14FN3O4S/c16-10-6-19(11-8-23-12(7-20)24-11)15(22)18-13(10)17-14(21)9-4-2-1-3-5-9/h1-6,11-12,20H,7-8H2,(H,17,18,21,22)/t11-,12-/m0/s1. The number of aliphatic hydroxyl groups excluding tert-OH is 1. The van der Waals surface area contributed by atoms with Gasteiger partial charge in [-0.3, -0.25) is 9.36 Å². The second-order valence-electron chi connectivity index (χ2n) is 4.98. The molecule has 1 amide bonds. The van der Waals surface area contributed by atoms with Crippen LogP contribution in [0.3, 0.4) is 0 Å². The normalized spacial score (nSPS) is 20.1. The molecule has 2 atom stereocenters. The molecule has 1 aliphatic rings. The zero-order valence-corrected chi connectivity index (χ0v) is 13.2. The number of amides is 1. The fourth-order valence-electron chi connectivity index (χ4n) is 2.19. The average molecular weight is 351 g/mol. The summed E-state index contributed by atoms with van der Waals surface area (Å²) in [5.74, 6) is -1.81. The number of benzene rings is 1. The first-order valence-electron chi connectivity index (χ1n) is 7.11. The number of aliphatic hydroxyl groups is 1. The molecular weight excluding hydrogens is 337 g/mol. The van der Waals surface area contributed by atoms with Crippen molar-refractivity contribution in [3.63, 3.8) is 0 Å². The quantitative estimate of drug-likeness (QED) is 0.860. The molecule has 1 saturated heterocycles. The zero-order valence-electron chi connectivity index (χ0n) is 12.4. The van der Waals surface area contributed by atoms with E-state index in [0.717, 1.165) is 10.8 Å². The first-order valence-corrected chi connectivity index (χ1v) is 8.06. The summed E-state index contributed by atoms with van der Waals surface area (Å²) in [5.41, 5.74) is -0.838. The van der Waals surface area contributed by atoms with Gasteiger partial charge in [0, 0.05) is 11.8 Å². The summed E-state index contributed by atoms with van der Waals surface area (Å²) in [7, 11) is 0. The minimum absolute atomic E-state index is 0.159. The van der Waals surface area contributed by atoms with E-state index in [-0.39, 0.29) is 13.2 Å². The van der Waals surface area contributed by atoms with Gasteiger partial charge in [-0.2, -0.15) is 4.98 Å². The third-order valence-corrected chi connectivity index (χ3v) is 4.63. The molecule has 0 unspecified atom stereocenters. The van der Waals surface area contributed by atoms with Gasteiger partial charge in [-0.1, -0.05) is 18.2 Å². The number of carbonyl (C=O) groups is 1. The van der Waals surface area contributed by atoms with Crippen molar-refractivity contribution < 1.29 is 19.0 Å². The Hall–Kier alpha value is -2.23. The van der Waals surface area contributed by atoms with E-state index in [0.29, 0.717) is 5.56 Å². The summed E-state index contributed by atoms with van der Waals surface area (Å²) in [6, 6.07) is 8.22. The van der Waals surface area contributed by atoms with Crippen LogP contribution < -0.4 is 11.0 Å². The number of anilines is 1. The van der Waals surface area contributed by atoms with Crippen LogP contribution in [0.25, 0.3) is 0 Å². The second-order valence-corrected chi connectivity index (χ2v) is 6.33. The molecule has 1 fully saturated rings. The average Bonchev–Trinajstić information content (AvgIpc) is 3.07. The lowest BCUT2D eigenvalue weighted by Gasteiger charge is -2.13. The van der Waals surface area contributed by atoms with Crippen LogP contribution in [0.5, 0.6) is 0 Å². The lowest BCUT2D eigenvalue weighted by Crippen LogP contribution is -2.28. The molecule has 0 spiro atoms. The zero-order chi connectivity index (χ0) is 17.1. The third-order valence-electron chi connectivity index (χ3n) is 3.37. The summed E-state index contributed by atoms with van der Waals surface area (Å²) in [6.45, 7) is -0.0380. The number of aromatic nitrogens is 2. The summed E-state index contributed by atoms with van der Waals surface area (Å²) in [5, 5.41) is 10.8. The highest BCUT2D eigenvalue weighted by Gasteiger charge is 2.28. The lowest BCUT2D eigenvalue weighted by molar-refractivity contribution is 0.0802. The highest BCUT2D eigenvalue weighted by molar-refractivity contribution is 8.00. The number of halogens is 1. The van der Waals surface area contributed by atoms with Crippen molar-refractivity contribution in [1.29, 1.82) is 0 Å². The predicted molar refractivity (Wildman–Crippen MR) is 86.3 cm³/mol.